The molecule has 4 heteroatoms. The summed E-state index contributed by atoms with van der Waals surface area (Å²) in [4.78, 5) is 17.7. The van der Waals surface area contributed by atoms with Crippen LogP contribution in [0.15, 0.2) is 30.6 Å². The summed E-state index contributed by atoms with van der Waals surface area (Å²) in [6.45, 7) is 4.60. The van der Waals surface area contributed by atoms with E-state index in [-0.39, 0.29) is 18.6 Å². The molecule has 98 valence electrons. The van der Waals surface area contributed by atoms with Gasteiger partial charge in [-0.2, -0.15) is 0 Å². The Kier molecular flexibility index (Phi) is 6.08. The fourth-order valence-corrected chi connectivity index (χ4v) is 1.60. The van der Waals surface area contributed by atoms with Crippen LogP contribution in [0.3, 0.4) is 0 Å². The SMILES string of the molecule is CC(C)N(CCCO)C(=O)/C=C/c1cccnc1. The lowest BCUT2D eigenvalue weighted by Gasteiger charge is -2.25. The lowest BCUT2D eigenvalue weighted by molar-refractivity contribution is -0.127. The zero-order valence-corrected chi connectivity index (χ0v) is 10.9. The number of carbonyl (C=O) groups excluding carboxylic acids is 1. The summed E-state index contributed by atoms with van der Waals surface area (Å²) >= 11 is 0. The Morgan fingerprint density at radius 1 is 1.56 bits per heavy atom. The summed E-state index contributed by atoms with van der Waals surface area (Å²) in [7, 11) is 0. The molecule has 18 heavy (non-hydrogen) atoms. The summed E-state index contributed by atoms with van der Waals surface area (Å²) < 4.78 is 0. The predicted molar refractivity (Wildman–Crippen MR) is 71.8 cm³/mol. The van der Waals surface area contributed by atoms with Crippen LogP contribution in [-0.2, 0) is 4.79 Å². The minimum Gasteiger partial charge on any atom is -0.396 e. The lowest BCUT2D eigenvalue weighted by atomic mass is 10.2. The molecule has 0 aliphatic rings. The Labute approximate surface area is 108 Å². The van der Waals surface area contributed by atoms with Gasteiger partial charge < -0.3 is 10.0 Å². The highest BCUT2D eigenvalue weighted by molar-refractivity contribution is 5.91. The van der Waals surface area contributed by atoms with Crippen molar-refractivity contribution in [1.82, 2.24) is 9.88 Å². The number of carbonyl (C=O) groups is 1. The number of hydrogen-bond acceptors (Lipinski definition) is 3. The monoisotopic (exact) mass is 248 g/mol. The number of nitrogens with zero attached hydrogens (tertiary/aromatic N) is 2. The van der Waals surface area contributed by atoms with Crippen LogP contribution >= 0.6 is 0 Å². The third-order valence-electron chi connectivity index (χ3n) is 2.57. The van der Waals surface area contributed by atoms with Crippen molar-refractivity contribution in [3.8, 4) is 0 Å². The summed E-state index contributed by atoms with van der Waals surface area (Å²) in [6.07, 6.45) is 7.31. The molecule has 0 aromatic carbocycles. The van der Waals surface area contributed by atoms with Crippen molar-refractivity contribution in [2.24, 2.45) is 0 Å². The Morgan fingerprint density at radius 3 is 2.89 bits per heavy atom. The van der Waals surface area contributed by atoms with Gasteiger partial charge in [0.2, 0.25) is 5.91 Å². The van der Waals surface area contributed by atoms with Crippen molar-refractivity contribution in [2.45, 2.75) is 26.3 Å². The van der Waals surface area contributed by atoms with Crippen LogP contribution in [0.5, 0.6) is 0 Å². The molecule has 0 aliphatic heterocycles. The van der Waals surface area contributed by atoms with E-state index in [1.165, 1.54) is 0 Å². The molecule has 0 unspecified atom stereocenters. The zero-order valence-electron chi connectivity index (χ0n) is 10.9. The van der Waals surface area contributed by atoms with Crippen LogP contribution in [0.4, 0.5) is 0 Å². The standard InChI is InChI=1S/C14H20N2O2/c1-12(2)16(9-4-10-17)14(18)7-6-13-5-3-8-15-11-13/h3,5-8,11-12,17H,4,9-10H2,1-2H3/b7-6+. The summed E-state index contributed by atoms with van der Waals surface area (Å²) in [6, 6.07) is 3.85. The highest BCUT2D eigenvalue weighted by atomic mass is 16.3. The first-order valence-corrected chi connectivity index (χ1v) is 6.14. The number of aromatic nitrogens is 1. The van der Waals surface area contributed by atoms with Gasteiger partial charge in [-0.05, 0) is 38.0 Å². The van der Waals surface area contributed by atoms with Crippen molar-refractivity contribution in [2.75, 3.05) is 13.2 Å². The molecule has 1 amide bonds. The maximum absolute atomic E-state index is 12.0. The van der Waals surface area contributed by atoms with Gasteiger partial charge in [0.1, 0.15) is 0 Å². The third kappa shape index (κ3) is 4.67. The first-order chi connectivity index (χ1) is 8.65. The van der Waals surface area contributed by atoms with Gasteiger partial charge in [-0.1, -0.05) is 6.07 Å². The quantitative estimate of drug-likeness (QED) is 0.780. The maximum Gasteiger partial charge on any atom is 0.246 e. The van der Waals surface area contributed by atoms with Crippen molar-refractivity contribution in [1.29, 1.82) is 0 Å². The molecule has 0 fully saturated rings. The minimum absolute atomic E-state index is 0.0395. The highest BCUT2D eigenvalue weighted by Crippen LogP contribution is 2.04. The van der Waals surface area contributed by atoms with Crippen LogP contribution in [0.2, 0.25) is 0 Å². The first kappa shape index (κ1) is 14.4. The van der Waals surface area contributed by atoms with Gasteiger partial charge >= 0.3 is 0 Å². The molecule has 1 heterocycles. The smallest absolute Gasteiger partial charge is 0.246 e. The Bertz CT molecular complexity index is 388. The summed E-state index contributed by atoms with van der Waals surface area (Å²) in [5.74, 6) is -0.0395. The maximum atomic E-state index is 12.0. The van der Waals surface area contributed by atoms with Crippen LogP contribution in [0, 0.1) is 0 Å². The summed E-state index contributed by atoms with van der Waals surface area (Å²) in [5.41, 5.74) is 0.900. The van der Waals surface area contributed by atoms with Gasteiger partial charge in [-0.25, -0.2) is 0 Å². The number of rotatable bonds is 6. The Hall–Kier alpha value is -1.68. The van der Waals surface area contributed by atoms with E-state index in [9.17, 15) is 4.79 Å². The average molecular weight is 248 g/mol. The van der Waals surface area contributed by atoms with Gasteiger partial charge in [0.05, 0.1) is 0 Å². The van der Waals surface area contributed by atoms with Crippen LogP contribution in [0.1, 0.15) is 25.8 Å². The van der Waals surface area contributed by atoms with Crippen molar-refractivity contribution in [3.63, 3.8) is 0 Å². The largest absolute Gasteiger partial charge is 0.396 e. The fourth-order valence-electron chi connectivity index (χ4n) is 1.60. The van der Waals surface area contributed by atoms with E-state index in [1.807, 2.05) is 26.0 Å². The van der Waals surface area contributed by atoms with E-state index in [4.69, 9.17) is 5.11 Å². The normalized spacial score (nSPS) is 11.1. The fraction of sp³-hybridized carbons (Fsp3) is 0.429. The molecule has 1 aromatic rings. The molecule has 0 saturated carbocycles. The van der Waals surface area contributed by atoms with E-state index < -0.39 is 0 Å². The van der Waals surface area contributed by atoms with E-state index >= 15 is 0 Å². The lowest BCUT2D eigenvalue weighted by Crippen LogP contribution is -2.36. The van der Waals surface area contributed by atoms with E-state index in [0.717, 1.165) is 5.56 Å². The second-order valence-electron chi connectivity index (χ2n) is 4.32. The molecule has 1 rings (SSSR count). The van der Waals surface area contributed by atoms with E-state index in [1.54, 1.807) is 29.4 Å². The number of aliphatic hydroxyl groups is 1. The zero-order chi connectivity index (χ0) is 13.4. The molecule has 0 radical (unpaired) electrons. The van der Waals surface area contributed by atoms with Crippen LogP contribution < -0.4 is 0 Å². The number of hydrogen-bond donors (Lipinski definition) is 1. The number of amides is 1. The molecule has 0 spiro atoms. The highest BCUT2D eigenvalue weighted by Gasteiger charge is 2.13. The van der Waals surface area contributed by atoms with Gasteiger partial charge in [0.15, 0.2) is 0 Å². The molecule has 0 saturated heterocycles. The first-order valence-electron chi connectivity index (χ1n) is 6.14. The molecule has 1 N–H and O–H groups in total. The molecular formula is C14H20N2O2. The topological polar surface area (TPSA) is 53.4 Å². The van der Waals surface area contributed by atoms with Crippen LogP contribution in [0.25, 0.3) is 6.08 Å². The number of aliphatic hydroxyl groups excluding tert-OH is 1. The van der Waals surface area contributed by atoms with Crippen LogP contribution in [-0.4, -0.2) is 40.1 Å². The molecule has 4 nitrogen and oxygen atoms in total. The van der Waals surface area contributed by atoms with E-state index in [0.29, 0.717) is 13.0 Å². The summed E-state index contributed by atoms with van der Waals surface area (Å²) in [5, 5.41) is 8.82. The number of pyridine rings is 1. The Morgan fingerprint density at radius 2 is 2.33 bits per heavy atom. The molecular weight excluding hydrogens is 228 g/mol. The third-order valence-corrected chi connectivity index (χ3v) is 2.57. The Balaban J connectivity index is 2.64. The van der Waals surface area contributed by atoms with Gasteiger partial charge in [0, 0.05) is 37.7 Å². The molecule has 0 bridgehead atoms. The van der Waals surface area contributed by atoms with Gasteiger partial charge in [0.25, 0.3) is 0 Å². The minimum atomic E-state index is -0.0395. The average Bonchev–Trinajstić information content (AvgIpc) is 2.37. The van der Waals surface area contributed by atoms with Crippen molar-refractivity contribution < 1.29 is 9.90 Å². The van der Waals surface area contributed by atoms with E-state index in [2.05, 4.69) is 4.98 Å². The van der Waals surface area contributed by atoms with Crippen molar-refractivity contribution >= 4 is 12.0 Å². The molecule has 0 aliphatic carbocycles. The van der Waals surface area contributed by atoms with Crippen molar-refractivity contribution in [3.05, 3.63) is 36.2 Å². The second-order valence-corrected chi connectivity index (χ2v) is 4.32. The van der Waals surface area contributed by atoms with Gasteiger partial charge in [-0.3, -0.25) is 9.78 Å². The second kappa shape index (κ2) is 7.61. The molecule has 0 atom stereocenters. The molecule has 1 aromatic heterocycles. The predicted octanol–water partition coefficient (Wildman–Crippen LogP) is 1.71. The van der Waals surface area contributed by atoms with Gasteiger partial charge in [-0.15, -0.1) is 0 Å².